The fourth-order valence-electron chi connectivity index (χ4n) is 15.3. The van der Waals surface area contributed by atoms with E-state index >= 15 is 0 Å². The van der Waals surface area contributed by atoms with Crippen molar-refractivity contribution in [3.8, 4) is 0 Å². The van der Waals surface area contributed by atoms with Crippen LogP contribution in [0.1, 0.15) is 129 Å². The zero-order valence-electron chi connectivity index (χ0n) is 67.4. The van der Waals surface area contributed by atoms with Gasteiger partial charge < -0.3 is 34.9 Å². The highest BCUT2D eigenvalue weighted by Gasteiger charge is 2.29. The summed E-state index contributed by atoms with van der Waals surface area (Å²) in [4.78, 5) is 14.8. The van der Waals surface area contributed by atoms with Crippen molar-refractivity contribution in [1.29, 1.82) is 0 Å². The molecule has 9 aromatic carbocycles. The van der Waals surface area contributed by atoms with E-state index in [2.05, 4.69) is 215 Å². The zero-order valence-corrected chi connectivity index (χ0v) is 69.8. The highest BCUT2D eigenvalue weighted by atomic mass is 32.3. The van der Waals surface area contributed by atoms with Crippen LogP contribution in [0.15, 0.2) is 237 Å². The third kappa shape index (κ3) is 24.2. The molecular formula is C93H116N8O9S3. The largest absolute Gasteiger partial charge is 0.396 e. The van der Waals surface area contributed by atoms with E-state index in [1.54, 1.807) is 24.3 Å². The number of sulfonamides is 3. The number of nitrogens with one attached hydrogen (secondary N) is 1. The Morgan fingerprint density at radius 3 is 0.903 bits per heavy atom. The smallest absolute Gasteiger partial charge is 0.245 e. The summed E-state index contributed by atoms with van der Waals surface area (Å²) in [6.45, 7) is 27.4. The molecule has 12 rings (SSSR count). The first-order valence-electron chi connectivity index (χ1n) is 39.8. The van der Waals surface area contributed by atoms with Gasteiger partial charge in [0.25, 0.3) is 0 Å². The van der Waals surface area contributed by atoms with Gasteiger partial charge in [-0.3, -0.25) is 14.5 Å². The van der Waals surface area contributed by atoms with Crippen molar-refractivity contribution < 1.29 is 40.6 Å². The Hall–Kier alpha value is -9.19. The van der Waals surface area contributed by atoms with Crippen LogP contribution in [-0.2, 0) is 30.1 Å². The molecule has 3 aliphatic heterocycles. The van der Waals surface area contributed by atoms with Crippen molar-refractivity contribution in [2.24, 2.45) is 0 Å². The second kappa shape index (κ2) is 41.2. The third-order valence-electron chi connectivity index (χ3n) is 21.3. The molecule has 113 heavy (non-hydrogen) atoms. The Kier molecular flexibility index (Phi) is 31.4. The number of nitrogens with zero attached hydrogens (tertiary/aromatic N) is 7. The molecular weight excluding hydrogens is 1470 g/mol. The minimum atomic E-state index is -4.06. The van der Waals surface area contributed by atoms with Gasteiger partial charge in [-0.05, 0) is 224 Å². The average Bonchev–Trinajstić information content (AvgIpc) is 0.791. The van der Waals surface area contributed by atoms with Crippen LogP contribution in [0.3, 0.4) is 0 Å². The monoisotopic (exact) mass is 1580 g/mol. The summed E-state index contributed by atoms with van der Waals surface area (Å²) >= 11 is 0. The molecule has 0 aromatic heterocycles. The molecule has 600 valence electrons. The molecule has 9 aromatic rings. The van der Waals surface area contributed by atoms with E-state index < -0.39 is 30.1 Å². The van der Waals surface area contributed by atoms with Crippen molar-refractivity contribution in [3.05, 3.63) is 292 Å². The number of benzene rings is 9. The number of anilines is 5. The van der Waals surface area contributed by atoms with E-state index in [-0.39, 0.29) is 25.5 Å². The lowest BCUT2D eigenvalue weighted by atomic mass is 9.87. The standard InChI is InChI=1S/C32H41N3O5S2.C31H39N3O3S.C30H36N2O/c1-25(2)33-20-22-34(23-21-33)29-16-12-27(13-17-29)32(31(11-8-24-36)26-9-6-5-7-10-26)28-14-18-30(19-15-28)35(41(3,37)38)42(4,39)40;1-24(2)33-19-21-34(22-20-33)29-17-13-27(14-18-29)31(26-11-15-28(16-12-26)32-38(3,36)37)30(10-7-23-35)25-8-5-4-6-9-25;1-3-31-19-21-32(22-20-31)28-17-15-27(16-18-28)30(26-13-11-24(2)12-14-26)29(10-7-23-33)25-8-5-4-6-9-25/h5-7,9-10,12-19,25,36H,8,11,20-24H2,1-4H3;4-6,8-9,11-18,24,32,35H,7,10,19-23H2,1-3H3;4-6,8-9,11-18,33H,3,7,10,19-23H2,1-2H3/b32-31+;31-30-;30-29-. The number of hydrogen-bond donors (Lipinski definition) is 4. The first kappa shape index (κ1) is 86.2. The molecule has 0 unspecified atom stereocenters. The molecule has 0 spiro atoms. The fourth-order valence-corrected chi connectivity index (χ4v) is 18.9. The number of aliphatic hydroxyl groups is 3. The van der Waals surface area contributed by atoms with Crippen molar-refractivity contribution in [3.63, 3.8) is 0 Å². The minimum absolute atomic E-state index is 0.0432. The lowest BCUT2D eigenvalue weighted by Gasteiger charge is -2.38. The topological polar surface area (TPSA) is 198 Å². The van der Waals surface area contributed by atoms with Crippen LogP contribution in [0.5, 0.6) is 0 Å². The summed E-state index contributed by atoms with van der Waals surface area (Å²) < 4.78 is 75.8. The van der Waals surface area contributed by atoms with E-state index in [0.29, 0.717) is 40.7 Å². The summed E-state index contributed by atoms with van der Waals surface area (Å²) in [5, 5.41) is 29.0. The van der Waals surface area contributed by atoms with Crippen LogP contribution >= 0.6 is 0 Å². The van der Waals surface area contributed by atoms with Gasteiger partial charge in [0.1, 0.15) is 0 Å². The molecule has 0 amide bonds. The summed E-state index contributed by atoms with van der Waals surface area (Å²) in [5.74, 6) is 0. The molecule has 3 saturated heterocycles. The number of rotatable bonds is 29. The number of likely N-dealkylation sites (N-methyl/N-ethyl adjacent to an activating group) is 1. The fraction of sp³-hybridized carbons (Fsp3) is 0.355. The van der Waals surface area contributed by atoms with E-state index in [4.69, 9.17) is 0 Å². The maximum atomic E-state index is 12.4. The van der Waals surface area contributed by atoms with Crippen molar-refractivity contribution in [2.75, 3.05) is 147 Å². The van der Waals surface area contributed by atoms with Gasteiger partial charge in [0.15, 0.2) is 0 Å². The van der Waals surface area contributed by atoms with Gasteiger partial charge in [-0.25, -0.2) is 25.3 Å². The molecule has 0 saturated carbocycles. The molecule has 20 heteroatoms. The number of aliphatic hydroxyl groups excluding tert-OH is 3. The predicted molar refractivity (Wildman–Crippen MR) is 472 cm³/mol. The second-order valence-electron chi connectivity index (χ2n) is 30.0. The highest BCUT2D eigenvalue weighted by Crippen LogP contribution is 2.41. The summed E-state index contributed by atoms with van der Waals surface area (Å²) in [6.07, 6.45) is 7.05. The van der Waals surface area contributed by atoms with Gasteiger partial charge in [-0.2, -0.15) is 3.71 Å². The van der Waals surface area contributed by atoms with Gasteiger partial charge in [-0.1, -0.05) is 188 Å². The molecule has 4 N–H and O–H groups in total. The molecule has 3 aliphatic rings. The molecule has 3 fully saturated rings. The Labute approximate surface area is 674 Å². The number of piperazine rings is 3. The first-order valence-corrected chi connectivity index (χ1v) is 45.3. The molecule has 0 aliphatic carbocycles. The molecule has 17 nitrogen and oxygen atoms in total. The van der Waals surface area contributed by atoms with Gasteiger partial charge in [0.05, 0.1) is 24.5 Å². The maximum absolute atomic E-state index is 12.4. The van der Waals surface area contributed by atoms with E-state index in [0.717, 1.165) is 184 Å². The minimum Gasteiger partial charge on any atom is -0.396 e. The van der Waals surface area contributed by atoms with Crippen LogP contribution in [0.4, 0.5) is 28.4 Å². The van der Waals surface area contributed by atoms with Crippen LogP contribution < -0.4 is 23.1 Å². The van der Waals surface area contributed by atoms with Gasteiger partial charge in [0.2, 0.25) is 30.1 Å². The lowest BCUT2D eigenvalue weighted by Crippen LogP contribution is -2.48. The molecule has 0 atom stereocenters. The predicted octanol–water partition coefficient (Wildman–Crippen LogP) is 15.9. The molecule has 0 bridgehead atoms. The lowest BCUT2D eigenvalue weighted by molar-refractivity contribution is 0.209. The number of allylic oxidation sites excluding steroid dienone is 3. The second-order valence-corrected chi connectivity index (χ2v) is 35.7. The van der Waals surface area contributed by atoms with Crippen molar-refractivity contribution in [1.82, 2.24) is 14.7 Å². The van der Waals surface area contributed by atoms with Gasteiger partial charge in [-0.15, -0.1) is 0 Å². The number of hydrogen-bond acceptors (Lipinski definition) is 15. The zero-order chi connectivity index (χ0) is 80.7. The van der Waals surface area contributed by atoms with Gasteiger partial charge >= 0.3 is 0 Å². The van der Waals surface area contributed by atoms with Crippen molar-refractivity contribution in [2.45, 2.75) is 92.2 Å². The Morgan fingerprint density at radius 1 is 0.363 bits per heavy atom. The van der Waals surface area contributed by atoms with Gasteiger partial charge in [0, 0.05) is 133 Å². The first-order chi connectivity index (χ1) is 54.3. The molecule has 0 radical (unpaired) electrons. The van der Waals surface area contributed by atoms with E-state index in [1.807, 2.05) is 60.7 Å². The quantitative estimate of drug-likeness (QED) is 0.0323. The third-order valence-corrected chi connectivity index (χ3v) is 25.1. The highest BCUT2D eigenvalue weighted by molar-refractivity contribution is 8.09. The number of aryl methyl sites for hydroxylation is 1. The molecule has 3 heterocycles. The SMILES string of the molecule is CC(C)N1CCN(c2ccc(/C(=C(/CCCO)c3ccccc3)c3ccc(N(S(C)(=O)=O)S(C)(=O)=O)cc3)cc2)CC1.CC(C)N1CCN(c2ccc(/C(=C(/CCCO)c3ccccc3)c3ccc(NS(C)(=O)=O)cc3)cc2)CC1.CCN1CCN(c2ccc(/C(=C(/CCCO)c3ccccc3)c3ccc(C)cc3)cc2)CC1. The van der Waals surface area contributed by atoms with Crippen LogP contribution in [0.25, 0.3) is 33.4 Å². The summed E-state index contributed by atoms with van der Waals surface area (Å²) in [5.41, 5.74) is 22.0. The van der Waals surface area contributed by atoms with E-state index in [9.17, 15) is 40.6 Å². The van der Waals surface area contributed by atoms with Crippen LogP contribution in [-0.4, -0.2) is 191 Å². The normalized spacial score (nSPS) is 15.5. The van der Waals surface area contributed by atoms with Crippen molar-refractivity contribution >= 4 is 91.9 Å². The Morgan fingerprint density at radius 2 is 0.637 bits per heavy atom. The van der Waals surface area contributed by atoms with E-state index in [1.165, 1.54) is 56.9 Å². The van der Waals surface area contributed by atoms with Crippen LogP contribution in [0, 0.1) is 6.92 Å². The summed E-state index contributed by atoms with van der Waals surface area (Å²) in [7, 11) is -11.5. The maximum Gasteiger partial charge on any atom is 0.245 e. The Bertz CT molecular complexity index is 4880. The summed E-state index contributed by atoms with van der Waals surface area (Å²) in [6, 6.07) is 81.3. The van der Waals surface area contributed by atoms with Crippen LogP contribution in [0.2, 0.25) is 0 Å². The average molecular weight is 1590 g/mol. The Balaban J connectivity index is 0.000000181.